The first-order valence-electron chi connectivity index (χ1n) is 9.17. The van der Waals surface area contributed by atoms with E-state index >= 15 is 0 Å². The van der Waals surface area contributed by atoms with Crippen LogP contribution in [0.25, 0.3) is 22.4 Å². The summed E-state index contributed by atoms with van der Waals surface area (Å²) in [5, 5.41) is 0. The van der Waals surface area contributed by atoms with Crippen LogP contribution in [0.4, 0.5) is 0 Å². The molecule has 5 rings (SSSR count). The largest absolute Gasteiger partial charge is 0.302 e. The quantitative estimate of drug-likeness (QED) is 0.689. The van der Waals surface area contributed by atoms with Gasteiger partial charge in [0.05, 0.1) is 5.69 Å². The summed E-state index contributed by atoms with van der Waals surface area (Å²) >= 11 is 0. The van der Waals surface area contributed by atoms with Crippen LogP contribution in [-0.4, -0.2) is 29.5 Å². The summed E-state index contributed by atoms with van der Waals surface area (Å²) in [6, 6.07) is 23.7. The molecule has 2 aliphatic rings. The minimum absolute atomic E-state index is 0.378. The average Bonchev–Trinajstić information content (AvgIpc) is 3.32. The highest BCUT2D eigenvalue weighted by atomic mass is 15.2. The average molecular weight is 326 g/mol. The topological polar surface area (TPSA) is 16.1 Å². The summed E-state index contributed by atoms with van der Waals surface area (Å²) < 4.78 is 0. The van der Waals surface area contributed by atoms with E-state index in [1.807, 2.05) is 0 Å². The van der Waals surface area contributed by atoms with Crippen LogP contribution in [0.1, 0.15) is 18.4 Å². The van der Waals surface area contributed by atoms with Gasteiger partial charge in [0.15, 0.2) is 0 Å². The van der Waals surface area contributed by atoms with Crippen molar-refractivity contribution in [3.05, 3.63) is 78.5 Å². The number of piperidine rings is 1. The van der Waals surface area contributed by atoms with E-state index in [-0.39, 0.29) is 0 Å². The molecule has 0 atom stereocenters. The van der Waals surface area contributed by atoms with Crippen LogP contribution in [0, 0.1) is 0 Å². The van der Waals surface area contributed by atoms with Crippen molar-refractivity contribution < 1.29 is 0 Å². The van der Waals surface area contributed by atoms with Crippen LogP contribution >= 0.6 is 0 Å². The van der Waals surface area contributed by atoms with Crippen molar-refractivity contribution in [1.29, 1.82) is 0 Å². The third kappa shape index (κ3) is 2.58. The Morgan fingerprint density at radius 3 is 2.00 bits per heavy atom. The normalized spacial score (nSPS) is 24.6. The molecule has 0 amide bonds. The van der Waals surface area contributed by atoms with E-state index in [0.29, 0.717) is 5.41 Å². The standard InChI is InChI=1S/C23H22N2/c1-2-4-18(5-3-1)19-6-8-20(9-7-19)22-11-10-21(16-24-22)23-12-14-25(17-23)15-13-23/h1-11,16H,12-15,17H2. The van der Waals surface area contributed by atoms with E-state index in [1.165, 1.54) is 54.7 Å². The molecule has 3 aromatic rings. The van der Waals surface area contributed by atoms with E-state index in [4.69, 9.17) is 4.98 Å². The summed E-state index contributed by atoms with van der Waals surface area (Å²) in [6.45, 7) is 3.73. The molecule has 1 aromatic heterocycles. The van der Waals surface area contributed by atoms with Crippen molar-refractivity contribution in [3.63, 3.8) is 0 Å². The molecule has 0 spiro atoms. The Morgan fingerprint density at radius 1 is 0.720 bits per heavy atom. The number of hydrogen-bond donors (Lipinski definition) is 0. The minimum atomic E-state index is 0.378. The van der Waals surface area contributed by atoms with Crippen molar-refractivity contribution in [1.82, 2.24) is 9.88 Å². The number of aromatic nitrogens is 1. The molecule has 0 aliphatic carbocycles. The summed E-state index contributed by atoms with van der Waals surface area (Å²) in [6.07, 6.45) is 4.70. The number of fused-ring (bicyclic) bond motifs is 2. The predicted molar refractivity (Wildman–Crippen MR) is 102 cm³/mol. The van der Waals surface area contributed by atoms with Crippen LogP contribution < -0.4 is 0 Å². The molecule has 2 heteroatoms. The molecule has 0 unspecified atom stereocenters. The molecule has 2 aromatic carbocycles. The van der Waals surface area contributed by atoms with Gasteiger partial charge in [0.1, 0.15) is 0 Å². The lowest BCUT2D eigenvalue weighted by Gasteiger charge is -2.25. The van der Waals surface area contributed by atoms with E-state index in [1.54, 1.807) is 0 Å². The number of nitrogens with zero attached hydrogens (tertiary/aromatic N) is 2. The summed E-state index contributed by atoms with van der Waals surface area (Å²) in [5.74, 6) is 0. The van der Waals surface area contributed by atoms with Crippen molar-refractivity contribution in [2.45, 2.75) is 18.3 Å². The Morgan fingerprint density at radius 2 is 1.40 bits per heavy atom. The Hall–Kier alpha value is -2.45. The molecule has 0 N–H and O–H groups in total. The molecule has 124 valence electrons. The third-order valence-electron chi connectivity index (χ3n) is 6.00. The van der Waals surface area contributed by atoms with Gasteiger partial charge in [-0.05, 0) is 48.7 Å². The second kappa shape index (κ2) is 5.82. The first-order valence-corrected chi connectivity index (χ1v) is 9.17. The molecule has 2 fully saturated rings. The second-order valence-corrected chi connectivity index (χ2v) is 7.43. The Balaban J connectivity index is 1.40. The van der Waals surface area contributed by atoms with Crippen LogP contribution in [0.3, 0.4) is 0 Å². The molecule has 2 aliphatic heterocycles. The summed E-state index contributed by atoms with van der Waals surface area (Å²) in [7, 11) is 0. The fourth-order valence-corrected chi connectivity index (χ4v) is 4.45. The molecule has 2 bridgehead atoms. The van der Waals surface area contributed by atoms with Gasteiger partial charge >= 0.3 is 0 Å². The Kier molecular flexibility index (Phi) is 3.46. The van der Waals surface area contributed by atoms with Gasteiger partial charge in [-0.2, -0.15) is 0 Å². The second-order valence-electron chi connectivity index (χ2n) is 7.43. The van der Waals surface area contributed by atoms with Crippen molar-refractivity contribution >= 4 is 0 Å². The zero-order chi connectivity index (χ0) is 16.7. The zero-order valence-electron chi connectivity index (χ0n) is 14.4. The SMILES string of the molecule is c1ccc(-c2ccc(-c3ccc(C45CCN(CC4)C5)cn3)cc2)cc1. The third-order valence-corrected chi connectivity index (χ3v) is 6.00. The van der Waals surface area contributed by atoms with Crippen LogP contribution in [0.5, 0.6) is 0 Å². The minimum Gasteiger partial charge on any atom is -0.302 e. The number of benzene rings is 2. The molecule has 2 nitrogen and oxygen atoms in total. The lowest BCUT2D eigenvalue weighted by molar-refractivity contribution is 0.364. The molecule has 0 saturated carbocycles. The van der Waals surface area contributed by atoms with E-state index in [0.717, 1.165) is 5.69 Å². The number of hydrogen-bond acceptors (Lipinski definition) is 2. The van der Waals surface area contributed by atoms with E-state index in [2.05, 4.69) is 77.8 Å². The van der Waals surface area contributed by atoms with Gasteiger partial charge < -0.3 is 4.90 Å². The highest BCUT2D eigenvalue weighted by molar-refractivity contribution is 5.68. The summed E-state index contributed by atoms with van der Waals surface area (Å²) in [5.41, 5.74) is 6.55. The van der Waals surface area contributed by atoms with Gasteiger partial charge in [-0.25, -0.2) is 0 Å². The summed E-state index contributed by atoms with van der Waals surface area (Å²) in [4.78, 5) is 7.37. The van der Waals surface area contributed by atoms with Crippen LogP contribution in [0.15, 0.2) is 72.9 Å². The van der Waals surface area contributed by atoms with E-state index < -0.39 is 0 Å². The number of pyridine rings is 1. The maximum atomic E-state index is 4.79. The predicted octanol–water partition coefficient (Wildman–Crippen LogP) is 4.76. The highest BCUT2D eigenvalue weighted by Crippen LogP contribution is 2.43. The highest BCUT2D eigenvalue weighted by Gasteiger charge is 2.44. The van der Waals surface area contributed by atoms with E-state index in [9.17, 15) is 0 Å². The molecule has 2 saturated heterocycles. The lowest BCUT2D eigenvalue weighted by atomic mass is 9.78. The fourth-order valence-electron chi connectivity index (χ4n) is 4.45. The molecule has 25 heavy (non-hydrogen) atoms. The van der Waals surface area contributed by atoms with Gasteiger partial charge in [-0.15, -0.1) is 0 Å². The van der Waals surface area contributed by atoms with Crippen LogP contribution in [-0.2, 0) is 5.41 Å². The first kappa shape index (κ1) is 14.9. The van der Waals surface area contributed by atoms with Gasteiger partial charge in [0, 0.05) is 23.7 Å². The maximum absolute atomic E-state index is 4.79. The molecular formula is C23H22N2. The smallest absolute Gasteiger partial charge is 0.0702 e. The maximum Gasteiger partial charge on any atom is 0.0702 e. The Labute approximate surface area is 149 Å². The van der Waals surface area contributed by atoms with Gasteiger partial charge in [-0.1, -0.05) is 60.7 Å². The first-order chi connectivity index (χ1) is 12.3. The lowest BCUT2D eigenvalue weighted by Crippen LogP contribution is -2.24. The monoisotopic (exact) mass is 326 g/mol. The number of rotatable bonds is 3. The molecule has 3 heterocycles. The van der Waals surface area contributed by atoms with Gasteiger partial charge in [-0.3, -0.25) is 4.98 Å². The fraction of sp³-hybridized carbons (Fsp3) is 0.261. The van der Waals surface area contributed by atoms with Crippen molar-refractivity contribution in [2.24, 2.45) is 0 Å². The molecular weight excluding hydrogens is 304 g/mol. The van der Waals surface area contributed by atoms with Crippen molar-refractivity contribution in [3.8, 4) is 22.4 Å². The zero-order valence-corrected chi connectivity index (χ0v) is 14.4. The van der Waals surface area contributed by atoms with Crippen molar-refractivity contribution in [2.75, 3.05) is 19.6 Å². The Bertz CT molecular complexity index is 858. The van der Waals surface area contributed by atoms with Crippen LogP contribution in [0.2, 0.25) is 0 Å². The van der Waals surface area contributed by atoms with Gasteiger partial charge in [0.2, 0.25) is 0 Å². The van der Waals surface area contributed by atoms with Gasteiger partial charge in [0.25, 0.3) is 0 Å². The molecule has 0 radical (unpaired) electrons.